The van der Waals surface area contributed by atoms with Gasteiger partial charge in [0, 0.05) is 30.6 Å². The zero-order chi connectivity index (χ0) is 15.5. The number of hydrogen-bond acceptors (Lipinski definition) is 2. The van der Waals surface area contributed by atoms with E-state index < -0.39 is 5.97 Å². The standard InChI is InChI=1S/C18H18ClNO2.ClH/c19-15-8-6-14(7-9-15)16-11-20(12-17(16)18(21)22)10-13-4-2-1-3-5-13;/h1-9,16-17H,10-12H2,(H,21,22);1H/t16-,17-;/m0./s1. The third-order valence-corrected chi connectivity index (χ3v) is 4.51. The van der Waals surface area contributed by atoms with E-state index in [-0.39, 0.29) is 24.2 Å². The normalized spacial score (nSPS) is 20.9. The van der Waals surface area contributed by atoms with E-state index in [0.29, 0.717) is 11.6 Å². The summed E-state index contributed by atoms with van der Waals surface area (Å²) in [6, 6.07) is 17.7. The first kappa shape index (κ1) is 17.8. The SMILES string of the molecule is Cl.O=C(O)[C@H]1CN(Cc2ccccc2)C[C@H]1c1ccc(Cl)cc1. The Labute approximate surface area is 147 Å². The van der Waals surface area contributed by atoms with E-state index in [9.17, 15) is 9.90 Å². The summed E-state index contributed by atoms with van der Waals surface area (Å²) in [6.45, 7) is 2.12. The molecule has 122 valence electrons. The van der Waals surface area contributed by atoms with Crippen LogP contribution in [0.5, 0.6) is 0 Å². The number of aliphatic carboxylic acids is 1. The van der Waals surface area contributed by atoms with E-state index >= 15 is 0 Å². The molecule has 2 aromatic carbocycles. The molecule has 0 bridgehead atoms. The van der Waals surface area contributed by atoms with Gasteiger partial charge in [-0.3, -0.25) is 9.69 Å². The molecule has 0 aliphatic carbocycles. The Morgan fingerprint density at radius 3 is 2.35 bits per heavy atom. The first-order chi connectivity index (χ1) is 10.6. The predicted octanol–water partition coefficient (Wildman–Crippen LogP) is 4.06. The molecule has 1 N–H and O–H groups in total. The fraction of sp³-hybridized carbons (Fsp3) is 0.278. The maximum Gasteiger partial charge on any atom is 0.308 e. The van der Waals surface area contributed by atoms with E-state index in [1.54, 1.807) is 0 Å². The molecule has 2 atom stereocenters. The van der Waals surface area contributed by atoms with Gasteiger partial charge in [0.1, 0.15) is 0 Å². The van der Waals surface area contributed by atoms with Crippen molar-refractivity contribution in [2.75, 3.05) is 13.1 Å². The van der Waals surface area contributed by atoms with Gasteiger partial charge in [0.05, 0.1) is 5.92 Å². The lowest BCUT2D eigenvalue weighted by Crippen LogP contribution is -2.23. The van der Waals surface area contributed by atoms with Crippen molar-refractivity contribution in [2.45, 2.75) is 12.5 Å². The van der Waals surface area contributed by atoms with Gasteiger partial charge in [0.25, 0.3) is 0 Å². The lowest BCUT2D eigenvalue weighted by molar-refractivity contribution is -0.141. The van der Waals surface area contributed by atoms with Gasteiger partial charge < -0.3 is 5.11 Å². The number of carbonyl (C=O) groups is 1. The highest BCUT2D eigenvalue weighted by molar-refractivity contribution is 6.30. The number of hydrogen-bond donors (Lipinski definition) is 1. The third kappa shape index (κ3) is 4.25. The van der Waals surface area contributed by atoms with Crippen LogP contribution in [-0.4, -0.2) is 29.1 Å². The van der Waals surface area contributed by atoms with Crippen LogP contribution in [0.1, 0.15) is 17.0 Å². The Hall–Kier alpha value is -1.55. The molecule has 2 aromatic rings. The summed E-state index contributed by atoms with van der Waals surface area (Å²) >= 11 is 5.93. The highest BCUT2D eigenvalue weighted by atomic mass is 35.5. The Morgan fingerprint density at radius 2 is 1.74 bits per heavy atom. The highest BCUT2D eigenvalue weighted by Gasteiger charge is 2.38. The molecule has 0 spiro atoms. The number of carboxylic acid groups (broad SMARTS) is 1. The lowest BCUT2D eigenvalue weighted by atomic mass is 9.89. The number of carboxylic acids is 1. The lowest BCUT2D eigenvalue weighted by Gasteiger charge is -2.16. The Morgan fingerprint density at radius 1 is 1.09 bits per heavy atom. The Bertz CT molecular complexity index is 646. The van der Waals surface area contributed by atoms with Crippen LogP contribution in [0.4, 0.5) is 0 Å². The molecule has 3 nitrogen and oxygen atoms in total. The average Bonchev–Trinajstić information content (AvgIpc) is 2.93. The van der Waals surface area contributed by atoms with Crippen LogP contribution >= 0.6 is 24.0 Å². The van der Waals surface area contributed by atoms with Crippen LogP contribution in [0.15, 0.2) is 54.6 Å². The summed E-state index contributed by atoms with van der Waals surface area (Å²) < 4.78 is 0. The molecule has 1 heterocycles. The van der Waals surface area contributed by atoms with Crippen molar-refractivity contribution in [3.8, 4) is 0 Å². The molecular formula is C18H19Cl2NO2. The molecular weight excluding hydrogens is 333 g/mol. The second kappa shape index (κ2) is 7.82. The van der Waals surface area contributed by atoms with E-state index in [0.717, 1.165) is 18.7 Å². The number of halogens is 2. The van der Waals surface area contributed by atoms with E-state index in [2.05, 4.69) is 17.0 Å². The zero-order valence-corrected chi connectivity index (χ0v) is 14.1. The van der Waals surface area contributed by atoms with Crippen LogP contribution in [0.3, 0.4) is 0 Å². The average molecular weight is 352 g/mol. The van der Waals surface area contributed by atoms with Gasteiger partial charge in [0.15, 0.2) is 0 Å². The molecule has 0 unspecified atom stereocenters. The van der Waals surface area contributed by atoms with Crippen molar-refractivity contribution in [1.29, 1.82) is 0 Å². The number of nitrogens with zero attached hydrogens (tertiary/aromatic N) is 1. The van der Waals surface area contributed by atoms with Crippen molar-refractivity contribution >= 4 is 30.0 Å². The van der Waals surface area contributed by atoms with Crippen molar-refractivity contribution in [2.24, 2.45) is 5.92 Å². The molecule has 5 heteroatoms. The smallest absolute Gasteiger partial charge is 0.308 e. The molecule has 0 saturated carbocycles. The molecule has 3 rings (SSSR count). The summed E-state index contributed by atoms with van der Waals surface area (Å²) in [5, 5.41) is 10.2. The van der Waals surface area contributed by atoms with Crippen molar-refractivity contribution in [3.63, 3.8) is 0 Å². The second-order valence-corrected chi connectivity index (χ2v) is 6.22. The van der Waals surface area contributed by atoms with Crippen LogP contribution in [0, 0.1) is 5.92 Å². The maximum absolute atomic E-state index is 11.6. The quantitative estimate of drug-likeness (QED) is 0.902. The third-order valence-electron chi connectivity index (χ3n) is 4.26. The summed E-state index contributed by atoms with van der Waals surface area (Å²) in [5.74, 6) is -1.08. The molecule has 0 aromatic heterocycles. The molecule has 1 saturated heterocycles. The largest absolute Gasteiger partial charge is 0.481 e. The van der Waals surface area contributed by atoms with E-state index in [1.165, 1.54) is 5.56 Å². The number of likely N-dealkylation sites (tertiary alicyclic amines) is 1. The van der Waals surface area contributed by atoms with Gasteiger partial charge in [-0.15, -0.1) is 12.4 Å². The van der Waals surface area contributed by atoms with Crippen LogP contribution < -0.4 is 0 Å². The summed E-state index contributed by atoms with van der Waals surface area (Å²) in [4.78, 5) is 13.8. The van der Waals surface area contributed by atoms with Gasteiger partial charge in [-0.05, 0) is 23.3 Å². The van der Waals surface area contributed by atoms with Gasteiger partial charge in [-0.25, -0.2) is 0 Å². The zero-order valence-electron chi connectivity index (χ0n) is 12.6. The monoisotopic (exact) mass is 351 g/mol. The predicted molar refractivity (Wildman–Crippen MR) is 94.3 cm³/mol. The minimum absolute atomic E-state index is 0. The molecule has 0 radical (unpaired) electrons. The van der Waals surface area contributed by atoms with Crippen LogP contribution in [0.25, 0.3) is 0 Å². The topological polar surface area (TPSA) is 40.5 Å². The number of rotatable bonds is 4. The minimum Gasteiger partial charge on any atom is -0.481 e. The van der Waals surface area contributed by atoms with E-state index in [4.69, 9.17) is 11.6 Å². The molecule has 1 aliphatic heterocycles. The van der Waals surface area contributed by atoms with Crippen LogP contribution in [0.2, 0.25) is 5.02 Å². The number of benzene rings is 2. The minimum atomic E-state index is -0.726. The molecule has 1 aliphatic rings. The Kier molecular flexibility index (Phi) is 6.05. The van der Waals surface area contributed by atoms with Crippen molar-refractivity contribution in [1.82, 2.24) is 4.90 Å². The van der Waals surface area contributed by atoms with Gasteiger partial charge in [-0.2, -0.15) is 0 Å². The second-order valence-electron chi connectivity index (χ2n) is 5.78. The molecule has 0 amide bonds. The summed E-state index contributed by atoms with van der Waals surface area (Å²) in [5.41, 5.74) is 2.26. The van der Waals surface area contributed by atoms with Gasteiger partial charge in [0.2, 0.25) is 0 Å². The maximum atomic E-state index is 11.6. The first-order valence-corrected chi connectivity index (χ1v) is 7.76. The fourth-order valence-corrected chi connectivity index (χ4v) is 3.28. The highest BCUT2D eigenvalue weighted by Crippen LogP contribution is 2.34. The summed E-state index contributed by atoms with van der Waals surface area (Å²) in [7, 11) is 0. The van der Waals surface area contributed by atoms with Gasteiger partial charge in [-0.1, -0.05) is 54.1 Å². The fourth-order valence-electron chi connectivity index (χ4n) is 3.15. The van der Waals surface area contributed by atoms with Gasteiger partial charge >= 0.3 is 5.97 Å². The van der Waals surface area contributed by atoms with Crippen molar-refractivity contribution < 1.29 is 9.90 Å². The first-order valence-electron chi connectivity index (χ1n) is 7.38. The Balaban J connectivity index is 0.00000192. The van der Waals surface area contributed by atoms with Crippen molar-refractivity contribution in [3.05, 3.63) is 70.7 Å². The van der Waals surface area contributed by atoms with Crippen LogP contribution in [-0.2, 0) is 11.3 Å². The molecule has 23 heavy (non-hydrogen) atoms. The summed E-state index contributed by atoms with van der Waals surface area (Å²) in [6.07, 6.45) is 0. The van der Waals surface area contributed by atoms with E-state index in [1.807, 2.05) is 42.5 Å². The molecule has 1 fully saturated rings.